The number of rotatable bonds is 3. The summed E-state index contributed by atoms with van der Waals surface area (Å²) < 4.78 is 0. The molecule has 0 heterocycles. The summed E-state index contributed by atoms with van der Waals surface area (Å²) >= 11 is 0. The molecule has 3 heteroatoms. The van der Waals surface area contributed by atoms with E-state index in [0.717, 1.165) is 69.8 Å². The molecule has 0 saturated heterocycles. The van der Waals surface area contributed by atoms with Crippen molar-refractivity contribution in [1.82, 2.24) is 0 Å². The number of allylic oxidation sites excluding steroid dienone is 4. The zero-order chi connectivity index (χ0) is 29.4. The summed E-state index contributed by atoms with van der Waals surface area (Å²) in [5.74, 6) is 0.951. The molecule has 1 radical (unpaired) electrons. The number of Topliss-reactive ketones (excluding diaryl/α,β-unsaturated/α-hetero) is 2. The first-order valence-electron chi connectivity index (χ1n) is 16.5. The molecule has 219 valence electrons. The fourth-order valence-electron chi connectivity index (χ4n) is 12.6. The van der Waals surface area contributed by atoms with E-state index in [2.05, 4.69) is 54.5 Å². The maximum absolute atomic E-state index is 14.8. The van der Waals surface area contributed by atoms with Crippen LogP contribution in [0.3, 0.4) is 0 Å². The molecule has 7 rings (SSSR count). The lowest BCUT2D eigenvalue weighted by atomic mass is 9.30. The van der Waals surface area contributed by atoms with Gasteiger partial charge in [0.2, 0.25) is 0 Å². The SMILES string of the molecule is CC.CC[C@@]12CC(C)(C)CC[C@]1(C(=O)C1=C[CH]1)CC[C@]1(C)[C@@H]2C(=O)C=C2[C@@]3(C)CCC(=O)C4(C)CC43CC[C@]21C. The predicted molar refractivity (Wildman–Crippen MR) is 160 cm³/mol. The Labute approximate surface area is 243 Å². The molecule has 0 N–H and O–H groups in total. The van der Waals surface area contributed by atoms with E-state index >= 15 is 0 Å². The van der Waals surface area contributed by atoms with Crippen molar-refractivity contribution < 1.29 is 14.4 Å². The van der Waals surface area contributed by atoms with Crippen molar-refractivity contribution in [3.8, 4) is 0 Å². The second kappa shape index (κ2) is 8.10. The zero-order valence-electron chi connectivity index (χ0n) is 26.8. The predicted octanol–water partition coefficient (Wildman–Crippen LogP) is 8.81. The minimum Gasteiger partial charge on any atom is -0.299 e. The molecule has 7 aliphatic carbocycles. The van der Waals surface area contributed by atoms with Gasteiger partial charge in [-0.15, -0.1) is 0 Å². The molecule has 5 fully saturated rings. The van der Waals surface area contributed by atoms with Crippen molar-refractivity contribution in [3.05, 3.63) is 29.7 Å². The van der Waals surface area contributed by atoms with Gasteiger partial charge in [0, 0.05) is 35.2 Å². The van der Waals surface area contributed by atoms with Crippen LogP contribution in [0.1, 0.15) is 133 Å². The Kier molecular flexibility index (Phi) is 5.79. The van der Waals surface area contributed by atoms with Gasteiger partial charge in [0.25, 0.3) is 0 Å². The van der Waals surface area contributed by atoms with E-state index in [0.29, 0.717) is 23.8 Å². The minimum absolute atomic E-state index is 0.0299. The van der Waals surface area contributed by atoms with Crippen molar-refractivity contribution in [2.45, 2.75) is 133 Å². The number of carbonyl (C=O) groups excluding carboxylic acids is 3. The van der Waals surface area contributed by atoms with Gasteiger partial charge in [0.05, 0.1) is 0 Å². The van der Waals surface area contributed by atoms with Crippen molar-refractivity contribution in [1.29, 1.82) is 0 Å². The molecule has 2 unspecified atom stereocenters. The van der Waals surface area contributed by atoms with Crippen molar-refractivity contribution in [2.24, 2.45) is 49.2 Å². The molecule has 0 amide bonds. The number of hydrogen-bond acceptors (Lipinski definition) is 3. The Morgan fingerprint density at radius 3 is 2.10 bits per heavy atom. The first kappa shape index (κ1) is 28.6. The molecule has 0 aromatic carbocycles. The third kappa shape index (κ3) is 2.92. The second-order valence-corrected chi connectivity index (χ2v) is 16.5. The molecular formula is C37H53O3. The fraction of sp³-hybridized carbons (Fsp3) is 0.784. The molecule has 7 aliphatic rings. The molecule has 1 spiro atoms. The average Bonchev–Trinajstić information content (AvgIpc) is 3.83. The summed E-state index contributed by atoms with van der Waals surface area (Å²) in [6, 6.07) is 0. The van der Waals surface area contributed by atoms with Crippen LogP contribution in [0.5, 0.6) is 0 Å². The summed E-state index contributed by atoms with van der Waals surface area (Å²) in [5, 5.41) is 0. The Hall–Kier alpha value is -1.51. The van der Waals surface area contributed by atoms with E-state index < -0.39 is 5.41 Å². The smallest absolute Gasteiger partial charge is 0.165 e. The Balaban J connectivity index is 0.00000142. The highest BCUT2D eigenvalue weighted by atomic mass is 16.1. The standard InChI is InChI=1S/C35H47O3.C2H6/c1-8-33-20-28(2,3)13-16-34(33,27(38)22-9-10-22)17-14-31(6)26(33)23(36)19-24-29(31,4)15-18-35-21-32(35,7)25(37)11-12-30(24,35)5;1-2/h9-10,19,26H,8,11-18,20-21H2,1-7H3;1-2H3/t26-,29+,30+,31+,32?,33-,34+,35?;/m0./s1. The lowest BCUT2D eigenvalue weighted by Crippen LogP contribution is -2.70. The van der Waals surface area contributed by atoms with E-state index in [9.17, 15) is 14.4 Å². The summed E-state index contributed by atoms with van der Waals surface area (Å²) in [4.78, 5) is 42.1. The Morgan fingerprint density at radius 1 is 0.825 bits per heavy atom. The molecule has 0 aliphatic heterocycles. The molecule has 3 nitrogen and oxygen atoms in total. The zero-order valence-corrected chi connectivity index (χ0v) is 26.8. The van der Waals surface area contributed by atoms with Crippen molar-refractivity contribution >= 4 is 17.3 Å². The first-order valence-corrected chi connectivity index (χ1v) is 16.5. The minimum atomic E-state index is -0.427. The van der Waals surface area contributed by atoms with Gasteiger partial charge in [-0.05, 0) is 103 Å². The highest BCUT2D eigenvalue weighted by molar-refractivity contribution is 6.08. The average molecular weight is 546 g/mol. The van der Waals surface area contributed by atoms with Crippen molar-refractivity contribution in [3.63, 3.8) is 0 Å². The van der Waals surface area contributed by atoms with Crippen LogP contribution in [0.15, 0.2) is 23.3 Å². The van der Waals surface area contributed by atoms with Crippen LogP contribution in [0.2, 0.25) is 0 Å². The van der Waals surface area contributed by atoms with Gasteiger partial charge in [-0.1, -0.05) is 74.0 Å². The fourth-order valence-corrected chi connectivity index (χ4v) is 12.6. The first-order chi connectivity index (χ1) is 18.6. The molecular weight excluding hydrogens is 492 g/mol. The molecule has 5 saturated carbocycles. The van der Waals surface area contributed by atoms with Gasteiger partial charge < -0.3 is 0 Å². The van der Waals surface area contributed by atoms with Gasteiger partial charge in [-0.25, -0.2) is 0 Å². The lowest BCUT2D eigenvalue weighted by molar-refractivity contribution is -0.212. The van der Waals surface area contributed by atoms with Crippen LogP contribution in [-0.4, -0.2) is 17.3 Å². The number of ketones is 3. The lowest BCUT2D eigenvalue weighted by Gasteiger charge is -2.72. The van der Waals surface area contributed by atoms with Gasteiger partial charge in [0.1, 0.15) is 5.78 Å². The third-order valence-electron chi connectivity index (χ3n) is 15.1. The topological polar surface area (TPSA) is 51.2 Å². The van der Waals surface area contributed by atoms with E-state index in [1.165, 1.54) is 5.57 Å². The monoisotopic (exact) mass is 545 g/mol. The molecule has 8 atom stereocenters. The summed E-state index contributed by atoms with van der Waals surface area (Å²) in [6.07, 6.45) is 16.4. The summed E-state index contributed by atoms with van der Waals surface area (Å²) in [7, 11) is 0. The third-order valence-corrected chi connectivity index (χ3v) is 15.1. The largest absolute Gasteiger partial charge is 0.299 e. The van der Waals surface area contributed by atoms with Gasteiger partial charge in [-0.2, -0.15) is 0 Å². The van der Waals surface area contributed by atoms with Gasteiger partial charge in [0.15, 0.2) is 11.6 Å². The van der Waals surface area contributed by atoms with Gasteiger partial charge in [-0.3, -0.25) is 14.4 Å². The maximum Gasteiger partial charge on any atom is 0.165 e. The van der Waals surface area contributed by atoms with Gasteiger partial charge >= 0.3 is 0 Å². The van der Waals surface area contributed by atoms with Crippen LogP contribution in [-0.2, 0) is 14.4 Å². The molecule has 40 heavy (non-hydrogen) atoms. The Morgan fingerprint density at radius 2 is 1.48 bits per heavy atom. The quantitative estimate of drug-likeness (QED) is 0.356. The number of carbonyl (C=O) groups is 3. The van der Waals surface area contributed by atoms with Crippen LogP contribution >= 0.6 is 0 Å². The Bertz CT molecular complexity index is 1270. The normalized spacial score (nSPS) is 51.3. The molecule has 0 aromatic heterocycles. The van der Waals surface area contributed by atoms with Crippen LogP contribution in [0.25, 0.3) is 0 Å². The number of hydrogen-bond donors (Lipinski definition) is 0. The maximum atomic E-state index is 14.8. The second-order valence-electron chi connectivity index (χ2n) is 16.5. The van der Waals surface area contributed by atoms with E-state index in [-0.39, 0.29) is 43.8 Å². The van der Waals surface area contributed by atoms with E-state index in [1.807, 2.05) is 26.3 Å². The van der Waals surface area contributed by atoms with E-state index in [1.54, 1.807) is 0 Å². The van der Waals surface area contributed by atoms with Crippen LogP contribution in [0.4, 0.5) is 0 Å². The molecule has 0 aromatic rings. The van der Waals surface area contributed by atoms with Crippen LogP contribution in [0, 0.1) is 55.7 Å². The highest BCUT2D eigenvalue weighted by Crippen LogP contribution is 2.86. The summed E-state index contributed by atoms with van der Waals surface area (Å²) in [6.45, 7) is 20.6. The highest BCUT2D eigenvalue weighted by Gasteiger charge is 2.82. The van der Waals surface area contributed by atoms with Crippen molar-refractivity contribution in [2.75, 3.05) is 0 Å². The summed E-state index contributed by atoms with van der Waals surface area (Å²) in [5.41, 5.74) is 1.13. The molecule has 0 bridgehead atoms. The number of fused-ring (bicyclic) bond motifs is 6. The van der Waals surface area contributed by atoms with E-state index in [4.69, 9.17) is 0 Å². The van der Waals surface area contributed by atoms with Crippen LogP contribution < -0.4 is 0 Å².